The van der Waals surface area contributed by atoms with E-state index in [2.05, 4.69) is 14.7 Å². The number of nitrogens with one attached hydrogen (secondary N) is 2. The monoisotopic (exact) mass is 299 g/mol. The molecule has 0 radical (unpaired) electrons. The summed E-state index contributed by atoms with van der Waals surface area (Å²) in [6, 6.07) is 0. The van der Waals surface area contributed by atoms with Crippen molar-refractivity contribution in [1.82, 2.24) is 23.8 Å². The summed E-state index contributed by atoms with van der Waals surface area (Å²) in [5.74, 6) is 0.412. The average molecular weight is 299 g/mol. The van der Waals surface area contributed by atoms with Crippen molar-refractivity contribution in [3.05, 3.63) is 45.3 Å². The van der Waals surface area contributed by atoms with Crippen LogP contribution >= 0.6 is 0 Å². The Bertz CT molecular complexity index is 832. The summed E-state index contributed by atoms with van der Waals surface area (Å²) in [6.07, 6.45) is 4.03. The zero-order chi connectivity index (χ0) is 14.9. The summed E-state index contributed by atoms with van der Waals surface area (Å²) in [4.78, 5) is 29.5. The van der Waals surface area contributed by atoms with E-state index in [-0.39, 0.29) is 6.54 Å². The molecule has 2 heterocycles. The lowest BCUT2D eigenvalue weighted by atomic mass is 10.6. The van der Waals surface area contributed by atoms with Crippen LogP contribution in [0.1, 0.15) is 5.82 Å². The Hall–Kier alpha value is -2.20. The number of hydrogen-bond acceptors (Lipinski definition) is 5. The van der Waals surface area contributed by atoms with E-state index in [1.807, 2.05) is 0 Å². The first-order valence-electron chi connectivity index (χ1n) is 5.57. The third kappa shape index (κ3) is 2.56. The summed E-state index contributed by atoms with van der Waals surface area (Å²) in [5, 5.41) is 0. The number of rotatable bonds is 4. The van der Waals surface area contributed by atoms with Crippen molar-refractivity contribution in [2.45, 2.75) is 11.4 Å². The predicted molar refractivity (Wildman–Crippen MR) is 69.5 cm³/mol. The lowest BCUT2D eigenvalue weighted by Gasteiger charge is -2.08. The highest BCUT2D eigenvalue weighted by atomic mass is 32.2. The molecular formula is C10H13N5O4S. The fourth-order valence-corrected chi connectivity index (χ4v) is 2.74. The van der Waals surface area contributed by atoms with Crippen LogP contribution in [0, 0.1) is 0 Å². The molecule has 20 heavy (non-hydrogen) atoms. The Labute approximate surface area is 114 Å². The average Bonchev–Trinajstić information content (AvgIpc) is 2.91. The molecule has 0 unspecified atom stereocenters. The van der Waals surface area contributed by atoms with Gasteiger partial charge in [0.2, 0.25) is 10.0 Å². The molecule has 2 N–H and O–H groups in total. The second-order valence-electron chi connectivity index (χ2n) is 4.11. The van der Waals surface area contributed by atoms with Crippen molar-refractivity contribution in [1.29, 1.82) is 0 Å². The van der Waals surface area contributed by atoms with E-state index >= 15 is 0 Å². The maximum absolute atomic E-state index is 12.1. The number of aromatic nitrogens is 4. The number of nitrogens with zero attached hydrogens (tertiary/aromatic N) is 3. The molecule has 0 aromatic carbocycles. The lowest BCUT2D eigenvalue weighted by Crippen LogP contribution is -2.41. The van der Waals surface area contributed by atoms with Crippen molar-refractivity contribution in [3.8, 4) is 0 Å². The van der Waals surface area contributed by atoms with Gasteiger partial charge in [-0.3, -0.25) is 9.36 Å². The van der Waals surface area contributed by atoms with Crippen LogP contribution in [0.2, 0.25) is 0 Å². The van der Waals surface area contributed by atoms with Crippen molar-refractivity contribution < 1.29 is 8.42 Å². The molecule has 0 saturated heterocycles. The van der Waals surface area contributed by atoms with Crippen LogP contribution in [-0.2, 0) is 30.7 Å². The maximum atomic E-state index is 12.1. The molecule has 0 saturated carbocycles. The number of H-pyrrole nitrogens is 1. The van der Waals surface area contributed by atoms with Crippen LogP contribution < -0.4 is 16.0 Å². The summed E-state index contributed by atoms with van der Waals surface area (Å²) in [7, 11) is -1.45. The smallest absolute Gasteiger partial charge is 0.330 e. The van der Waals surface area contributed by atoms with Crippen molar-refractivity contribution in [3.63, 3.8) is 0 Å². The largest absolute Gasteiger partial charge is 0.347 e. The van der Waals surface area contributed by atoms with E-state index < -0.39 is 26.2 Å². The van der Waals surface area contributed by atoms with Crippen molar-refractivity contribution >= 4 is 10.0 Å². The van der Waals surface area contributed by atoms with Gasteiger partial charge >= 0.3 is 5.69 Å². The Kier molecular flexibility index (Phi) is 3.59. The van der Waals surface area contributed by atoms with Gasteiger partial charge in [0.15, 0.2) is 4.90 Å². The number of sulfonamides is 1. The minimum Gasteiger partial charge on any atom is -0.347 e. The van der Waals surface area contributed by atoms with Crippen molar-refractivity contribution in [2.24, 2.45) is 14.1 Å². The van der Waals surface area contributed by atoms with Crippen LogP contribution in [-0.4, -0.2) is 27.5 Å². The topological polar surface area (TPSA) is 119 Å². The van der Waals surface area contributed by atoms with Gasteiger partial charge in [-0.25, -0.2) is 22.9 Å². The first-order valence-corrected chi connectivity index (χ1v) is 7.06. The number of aryl methyl sites for hydroxylation is 1. The molecule has 2 aromatic rings. The van der Waals surface area contributed by atoms with Gasteiger partial charge in [0.1, 0.15) is 5.82 Å². The highest BCUT2D eigenvalue weighted by molar-refractivity contribution is 7.89. The lowest BCUT2D eigenvalue weighted by molar-refractivity contribution is 0.569. The molecule has 108 valence electrons. The summed E-state index contributed by atoms with van der Waals surface area (Å²) >= 11 is 0. The molecule has 9 nitrogen and oxygen atoms in total. The highest BCUT2D eigenvalue weighted by Gasteiger charge is 2.21. The van der Waals surface area contributed by atoms with Gasteiger partial charge in [0.25, 0.3) is 5.56 Å². The molecule has 0 bridgehead atoms. The summed E-state index contributed by atoms with van der Waals surface area (Å²) in [6.45, 7) is -0.0820. The Morgan fingerprint density at radius 2 is 2.05 bits per heavy atom. The van der Waals surface area contributed by atoms with Crippen LogP contribution in [0.5, 0.6) is 0 Å². The van der Waals surface area contributed by atoms with E-state index in [1.165, 1.54) is 20.3 Å². The van der Waals surface area contributed by atoms with Crippen LogP contribution in [0.4, 0.5) is 0 Å². The highest BCUT2D eigenvalue weighted by Crippen LogP contribution is 2.01. The fourth-order valence-electron chi connectivity index (χ4n) is 1.60. The molecule has 10 heteroatoms. The van der Waals surface area contributed by atoms with E-state index in [4.69, 9.17) is 0 Å². The van der Waals surface area contributed by atoms with E-state index in [1.54, 1.807) is 6.20 Å². The molecule has 2 rings (SSSR count). The summed E-state index contributed by atoms with van der Waals surface area (Å²) in [5.41, 5.74) is -1.47. The second-order valence-corrected chi connectivity index (χ2v) is 5.85. The molecule has 0 amide bonds. The molecule has 2 aromatic heterocycles. The molecule has 0 aliphatic heterocycles. The Balaban J connectivity index is 2.40. The molecule has 0 spiro atoms. The van der Waals surface area contributed by atoms with Gasteiger partial charge in [-0.15, -0.1) is 0 Å². The minimum atomic E-state index is -4.03. The van der Waals surface area contributed by atoms with E-state index in [0.717, 1.165) is 15.3 Å². The standard InChI is InChI=1S/C10H13N5O4S/c1-14-6-7(9(16)15(2)10(14)17)20(18,19)13-5-8-11-3-4-12-8/h3-4,6,13H,5H2,1-2H3,(H,11,12). The number of aromatic amines is 1. The van der Waals surface area contributed by atoms with Gasteiger partial charge < -0.3 is 9.55 Å². The molecule has 0 aliphatic rings. The van der Waals surface area contributed by atoms with Gasteiger partial charge in [-0.2, -0.15) is 0 Å². The second kappa shape index (κ2) is 5.06. The predicted octanol–water partition coefficient (Wildman–Crippen LogP) is -1.71. The Morgan fingerprint density at radius 1 is 1.35 bits per heavy atom. The van der Waals surface area contributed by atoms with Crippen LogP contribution in [0.15, 0.2) is 33.1 Å². The number of hydrogen-bond donors (Lipinski definition) is 2. The first kappa shape index (κ1) is 14.2. The van der Waals surface area contributed by atoms with Gasteiger partial charge in [0.05, 0.1) is 6.54 Å². The van der Waals surface area contributed by atoms with Gasteiger partial charge in [0, 0.05) is 32.7 Å². The minimum absolute atomic E-state index is 0.0820. The Morgan fingerprint density at radius 3 is 2.65 bits per heavy atom. The normalized spacial score (nSPS) is 11.7. The first-order chi connectivity index (χ1) is 9.33. The third-order valence-electron chi connectivity index (χ3n) is 2.69. The van der Waals surface area contributed by atoms with Crippen LogP contribution in [0.25, 0.3) is 0 Å². The zero-order valence-electron chi connectivity index (χ0n) is 10.8. The van der Waals surface area contributed by atoms with Gasteiger partial charge in [-0.05, 0) is 0 Å². The maximum Gasteiger partial charge on any atom is 0.330 e. The zero-order valence-corrected chi connectivity index (χ0v) is 11.6. The molecular weight excluding hydrogens is 286 g/mol. The SMILES string of the molecule is Cn1cc(S(=O)(=O)NCc2ncc[nH]2)c(=O)n(C)c1=O. The fraction of sp³-hybridized carbons (Fsp3) is 0.300. The molecule has 0 fully saturated rings. The number of imidazole rings is 1. The van der Waals surface area contributed by atoms with E-state index in [9.17, 15) is 18.0 Å². The molecule has 0 aliphatic carbocycles. The third-order valence-corrected chi connectivity index (χ3v) is 4.07. The summed E-state index contributed by atoms with van der Waals surface area (Å²) < 4.78 is 28.2. The van der Waals surface area contributed by atoms with Crippen LogP contribution in [0.3, 0.4) is 0 Å². The quantitative estimate of drug-likeness (QED) is 0.696. The van der Waals surface area contributed by atoms with Gasteiger partial charge in [-0.1, -0.05) is 0 Å². The van der Waals surface area contributed by atoms with E-state index in [0.29, 0.717) is 5.82 Å². The molecule has 0 atom stereocenters. The van der Waals surface area contributed by atoms with Crippen molar-refractivity contribution in [2.75, 3.05) is 0 Å².